The van der Waals surface area contributed by atoms with Gasteiger partial charge in [0.05, 0.1) is 4.92 Å². The zero-order valence-electron chi connectivity index (χ0n) is 10.7. The number of hydrogen-bond donors (Lipinski definition) is 1. The van der Waals surface area contributed by atoms with Gasteiger partial charge in [0.1, 0.15) is 0 Å². The number of nitro groups is 1. The lowest BCUT2D eigenvalue weighted by molar-refractivity contribution is -0.386. The van der Waals surface area contributed by atoms with Gasteiger partial charge in [-0.05, 0) is 38.8 Å². The lowest BCUT2D eigenvalue weighted by Gasteiger charge is -2.15. The van der Waals surface area contributed by atoms with Gasteiger partial charge in [-0.2, -0.15) is 0 Å². The minimum Gasteiger partial charge on any atom is -0.326 e. The second-order valence-electron chi connectivity index (χ2n) is 4.16. The summed E-state index contributed by atoms with van der Waals surface area (Å²) >= 11 is 0. The second-order valence-corrected chi connectivity index (χ2v) is 4.16. The number of nitrogens with one attached hydrogen (secondary N) is 1. The van der Waals surface area contributed by atoms with Crippen molar-refractivity contribution in [2.75, 3.05) is 5.32 Å². The van der Waals surface area contributed by atoms with Crippen LogP contribution >= 0.6 is 0 Å². The predicted molar refractivity (Wildman–Crippen MR) is 66.3 cm³/mol. The minimum absolute atomic E-state index is 0.133. The molecule has 0 heterocycles. The second kappa shape index (κ2) is 4.53. The van der Waals surface area contributed by atoms with Crippen LogP contribution in [0.2, 0.25) is 0 Å². The molecule has 0 aliphatic rings. The smallest absolute Gasteiger partial charge is 0.275 e. The molecule has 0 aliphatic carbocycles. The molecule has 1 rings (SSSR count). The molecule has 0 saturated carbocycles. The van der Waals surface area contributed by atoms with E-state index in [9.17, 15) is 14.9 Å². The minimum atomic E-state index is -0.373. The highest BCUT2D eigenvalue weighted by atomic mass is 16.6. The normalized spacial score (nSPS) is 10.2. The van der Waals surface area contributed by atoms with Crippen LogP contribution in [0.25, 0.3) is 0 Å². The Bertz CT molecular complexity index is 478. The summed E-state index contributed by atoms with van der Waals surface area (Å²) in [5.41, 5.74) is 3.50. The van der Waals surface area contributed by atoms with Crippen LogP contribution in [0.3, 0.4) is 0 Å². The highest BCUT2D eigenvalue weighted by molar-refractivity contribution is 5.91. The molecular weight excluding hydrogens is 220 g/mol. The molecule has 1 amide bonds. The molecule has 0 spiro atoms. The molecule has 5 heteroatoms. The van der Waals surface area contributed by atoms with Crippen LogP contribution in [0, 0.1) is 37.8 Å². The lowest BCUT2D eigenvalue weighted by Crippen LogP contribution is -2.11. The molecule has 0 unspecified atom stereocenters. The summed E-state index contributed by atoms with van der Waals surface area (Å²) in [5.74, 6) is -0.177. The fourth-order valence-electron chi connectivity index (χ4n) is 1.93. The molecule has 0 aromatic heterocycles. The first kappa shape index (κ1) is 13.2. The number of amides is 1. The van der Waals surface area contributed by atoms with Crippen molar-refractivity contribution in [3.05, 3.63) is 32.4 Å². The fraction of sp³-hybridized carbons (Fsp3) is 0.417. The van der Waals surface area contributed by atoms with Gasteiger partial charge in [0.2, 0.25) is 5.91 Å². The van der Waals surface area contributed by atoms with E-state index < -0.39 is 0 Å². The SMILES string of the molecule is CC(=O)Nc1c(C)c(C)c([N+](=O)[O-])c(C)c1C. The van der Waals surface area contributed by atoms with Crippen LogP contribution in [0.15, 0.2) is 0 Å². The zero-order valence-corrected chi connectivity index (χ0v) is 10.7. The average molecular weight is 236 g/mol. The molecule has 0 bridgehead atoms. The van der Waals surface area contributed by atoms with Crippen LogP contribution < -0.4 is 5.32 Å². The molecule has 0 atom stereocenters. The van der Waals surface area contributed by atoms with Gasteiger partial charge >= 0.3 is 0 Å². The van der Waals surface area contributed by atoms with E-state index in [0.717, 1.165) is 11.1 Å². The van der Waals surface area contributed by atoms with Crippen molar-refractivity contribution >= 4 is 17.3 Å². The van der Waals surface area contributed by atoms with Crippen molar-refractivity contribution in [2.24, 2.45) is 0 Å². The van der Waals surface area contributed by atoms with Crippen molar-refractivity contribution in [1.82, 2.24) is 0 Å². The van der Waals surface area contributed by atoms with Crippen LogP contribution in [0.5, 0.6) is 0 Å². The number of carbonyl (C=O) groups is 1. The quantitative estimate of drug-likeness (QED) is 0.633. The Morgan fingerprint density at radius 3 is 1.76 bits per heavy atom. The molecular formula is C12H16N2O3. The van der Waals surface area contributed by atoms with E-state index in [1.165, 1.54) is 6.92 Å². The number of carbonyl (C=O) groups excluding carboxylic acids is 1. The fourth-order valence-corrected chi connectivity index (χ4v) is 1.93. The lowest BCUT2D eigenvalue weighted by atomic mass is 9.96. The van der Waals surface area contributed by atoms with Gasteiger partial charge in [-0.1, -0.05) is 0 Å². The Balaban J connectivity index is 3.58. The largest absolute Gasteiger partial charge is 0.326 e. The highest BCUT2D eigenvalue weighted by Gasteiger charge is 2.22. The summed E-state index contributed by atoms with van der Waals surface area (Å²) < 4.78 is 0. The average Bonchev–Trinajstić information content (AvgIpc) is 2.21. The van der Waals surface area contributed by atoms with Crippen LogP contribution in [0.4, 0.5) is 11.4 Å². The summed E-state index contributed by atoms with van der Waals surface area (Å²) in [6, 6.07) is 0. The van der Waals surface area contributed by atoms with Crippen LogP contribution in [0.1, 0.15) is 29.2 Å². The van der Waals surface area contributed by atoms with Gasteiger partial charge in [-0.15, -0.1) is 0 Å². The van der Waals surface area contributed by atoms with Gasteiger partial charge in [0, 0.05) is 23.7 Å². The Labute approximate surface area is 100.0 Å². The maximum absolute atomic E-state index is 11.1. The van der Waals surface area contributed by atoms with Gasteiger partial charge in [-0.25, -0.2) is 0 Å². The first-order valence-corrected chi connectivity index (χ1v) is 5.29. The Morgan fingerprint density at radius 1 is 1.06 bits per heavy atom. The van der Waals surface area contributed by atoms with Crippen LogP contribution in [-0.2, 0) is 4.79 Å². The monoisotopic (exact) mass is 236 g/mol. The summed E-state index contributed by atoms with van der Waals surface area (Å²) in [5, 5.41) is 13.7. The molecule has 0 saturated heterocycles. The number of hydrogen-bond acceptors (Lipinski definition) is 3. The molecule has 0 fully saturated rings. The van der Waals surface area contributed by atoms with Crippen LogP contribution in [-0.4, -0.2) is 10.8 Å². The van der Waals surface area contributed by atoms with E-state index in [0.29, 0.717) is 16.8 Å². The summed E-state index contributed by atoms with van der Waals surface area (Å²) in [6.07, 6.45) is 0. The Morgan fingerprint density at radius 2 is 1.47 bits per heavy atom. The van der Waals surface area contributed by atoms with E-state index in [4.69, 9.17) is 0 Å². The molecule has 1 N–H and O–H groups in total. The maximum atomic E-state index is 11.1. The standard InChI is InChI=1S/C12H16N2O3/c1-6-8(3)12(14(16)17)9(4)7(2)11(6)13-10(5)15/h1-5H3,(H,13,15). The molecule has 5 nitrogen and oxygen atoms in total. The Kier molecular flexibility index (Phi) is 3.50. The number of nitrogens with zero attached hydrogens (tertiary/aromatic N) is 1. The molecule has 0 aliphatic heterocycles. The first-order chi connectivity index (χ1) is 7.77. The topological polar surface area (TPSA) is 72.2 Å². The highest BCUT2D eigenvalue weighted by Crippen LogP contribution is 2.35. The van der Waals surface area contributed by atoms with Gasteiger partial charge in [0.25, 0.3) is 5.69 Å². The van der Waals surface area contributed by atoms with Gasteiger partial charge in [-0.3, -0.25) is 14.9 Å². The molecule has 1 aromatic rings. The Hall–Kier alpha value is -1.91. The van der Waals surface area contributed by atoms with Crippen molar-refractivity contribution in [3.8, 4) is 0 Å². The van der Waals surface area contributed by atoms with E-state index >= 15 is 0 Å². The molecule has 1 aromatic carbocycles. The zero-order chi connectivity index (χ0) is 13.3. The van der Waals surface area contributed by atoms with Gasteiger partial charge < -0.3 is 5.32 Å². The number of benzene rings is 1. The predicted octanol–water partition coefficient (Wildman–Crippen LogP) is 2.79. The number of anilines is 1. The van der Waals surface area contributed by atoms with Crippen molar-refractivity contribution < 1.29 is 9.72 Å². The third kappa shape index (κ3) is 2.27. The van der Waals surface area contributed by atoms with Crippen molar-refractivity contribution in [2.45, 2.75) is 34.6 Å². The summed E-state index contributed by atoms with van der Waals surface area (Å²) in [7, 11) is 0. The third-order valence-electron chi connectivity index (χ3n) is 3.07. The molecule has 17 heavy (non-hydrogen) atoms. The first-order valence-electron chi connectivity index (χ1n) is 5.29. The van der Waals surface area contributed by atoms with E-state index in [2.05, 4.69) is 5.32 Å². The van der Waals surface area contributed by atoms with Crippen molar-refractivity contribution in [3.63, 3.8) is 0 Å². The van der Waals surface area contributed by atoms with E-state index in [-0.39, 0.29) is 16.5 Å². The third-order valence-corrected chi connectivity index (χ3v) is 3.07. The molecule has 0 radical (unpaired) electrons. The van der Waals surface area contributed by atoms with E-state index in [1.807, 2.05) is 0 Å². The van der Waals surface area contributed by atoms with Crippen molar-refractivity contribution in [1.29, 1.82) is 0 Å². The maximum Gasteiger partial charge on any atom is 0.275 e. The van der Waals surface area contributed by atoms with Gasteiger partial charge in [0.15, 0.2) is 0 Å². The number of rotatable bonds is 2. The summed E-state index contributed by atoms with van der Waals surface area (Å²) in [4.78, 5) is 21.7. The summed E-state index contributed by atoms with van der Waals surface area (Å²) in [6.45, 7) is 8.38. The number of nitro benzene ring substituents is 1. The van der Waals surface area contributed by atoms with E-state index in [1.54, 1.807) is 27.7 Å². The molecule has 92 valence electrons.